The maximum atomic E-state index is 5.37. The van der Waals surface area contributed by atoms with Gasteiger partial charge in [0.25, 0.3) is 0 Å². The zero-order chi connectivity index (χ0) is 11.4. The molecule has 88 valence electrons. The number of hydrazine groups is 1. The summed E-state index contributed by atoms with van der Waals surface area (Å²) in [6.45, 7) is 3.86. The quantitative estimate of drug-likeness (QED) is 0.527. The van der Waals surface area contributed by atoms with Crippen molar-refractivity contribution in [2.24, 2.45) is 11.8 Å². The normalized spacial score (nSPS) is 21.8. The highest BCUT2D eigenvalue weighted by Crippen LogP contribution is 2.19. The first-order chi connectivity index (χ1) is 7.79. The van der Waals surface area contributed by atoms with E-state index in [9.17, 15) is 0 Å². The van der Waals surface area contributed by atoms with Crippen LogP contribution in [0.15, 0.2) is 18.2 Å². The molecule has 1 aromatic rings. The Morgan fingerprint density at radius 2 is 2.31 bits per heavy atom. The van der Waals surface area contributed by atoms with Crippen LogP contribution in [-0.2, 0) is 4.74 Å². The minimum atomic E-state index is 0.364. The van der Waals surface area contributed by atoms with Gasteiger partial charge >= 0.3 is 0 Å². The number of pyridine rings is 1. The van der Waals surface area contributed by atoms with Gasteiger partial charge in [-0.3, -0.25) is 0 Å². The highest BCUT2D eigenvalue weighted by Gasteiger charge is 2.22. The summed E-state index contributed by atoms with van der Waals surface area (Å²) >= 11 is 0. The van der Waals surface area contributed by atoms with Gasteiger partial charge in [0.05, 0.1) is 6.61 Å². The Labute approximate surface area is 95.4 Å². The van der Waals surface area contributed by atoms with Gasteiger partial charge in [0.15, 0.2) is 0 Å². The topological polar surface area (TPSA) is 72.2 Å². The lowest BCUT2D eigenvalue weighted by Crippen LogP contribution is -2.26. The molecule has 0 amide bonds. The predicted octanol–water partition coefficient (Wildman–Crippen LogP) is 1.20. The van der Waals surface area contributed by atoms with Crippen molar-refractivity contribution in [2.45, 2.75) is 19.4 Å². The van der Waals surface area contributed by atoms with Crippen LogP contribution < -0.4 is 16.6 Å². The molecular weight excluding hydrogens is 204 g/mol. The second-order valence-electron chi connectivity index (χ2n) is 4.11. The van der Waals surface area contributed by atoms with Gasteiger partial charge in [-0.1, -0.05) is 6.07 Å². The summed E-state index contributed by atoms with van der Waals surface area (Å²) in [6.07, 6.45) is 1.11. The standard InChI is InChI=1S/C11H18N4O/c1-8(9-5-6-16-7-9)13-10-3-2-4-11(14-10)15-12/h2-4,8-9H,5-7,12H2,1H3,(H2,13,14,15). The third-order valence-electron chi connectivity index (χ3n) is 2.94. The van der Waals surface area contributed by atoms with Crippen molar-refractivity contribution in [1.82, 2.24) is 4.98 Å². The van der Waals surface area contributed by atoms with Gasteiger partial charge in [0, 0.05) is 18.6 Å². The minimum Gasteiger partial charge on any atom is -0.381 e. The fraction of sp³-hybridized carbons (Fsp3) is 0.545. The number of anilines is 2. The van der Waals surface area contributed by atoms with E-state index in [1.165, 1.54) is 0 Å². The molecule has 2 unspecified atom stereocenters. The van der Waals surface area contributed by atoms with Crippen molar-refractivity contribution in [2.75, 3.05) is 24.0 Å². The maximum Gasteiger partial charge on any atom is 0.142 e. The molecule has 0 radical (unpaired) electrons. The van der Waals surface area contributed by atoms with E-state index in [1.807, 2.05) is 18.2 Å². The fourth-order valence-electron chi connectivity index (χ4n) is 1.89. The summed E-state index contributed by atoms with van der Waals surface area (Å²) < 4.78 is 5.37. The lowest BCUT2D eigenvalue weighted by molar-refractivity contribution is 0.183. The van der Waals surface area contributed by atoms with Crippen molar-refractivity contribution in [1.29, 1.82) is 0 Å². The van der Waals surface area contributed by atoms with Gasteiger partial charge in [0.2, 0.25) is 0 Å². The van der Waals surface area contributed by atoms with Crippen LogP contribution in [0.1, 0.15) is 13.3 Å². The first-order valence-corrected chi connectivity index (χ1v) is 5.57. The van der Waals surface area contributed by atoms with Crippen molar-refractivity contribution in [3.8, 4) is 0 Å². The Morgan fingerprint density at radius 1 is 1.50 bits per heavy atom. The first kappa shape index (κ1) is 11.2. The Hall–Kier alpha value is -1.33. The van der Waals surface area contributed by atoms with Crippen LogP contribution in [-0.4, -0.2) is 24.2 Å². The molecule has 2 heterocycles. The third-order valence-corrected chi connectivity index (χ3v) is 2.94. The molecular formula is C11H18N4O. The van der Waals surface area contributed by atoms with E-state index < -0.39 is 0 Å². The zero-order valence-corrected chi connectivity index (χ0v) is 9.44. The number of nitrogens with one attached hydrogen (secondary N) is 2. The number of aromatic nitrogens is 1. The van der Waals surface area contributed by atoms with Gasteiger partial charge in [0.1, 0.15) is 11.6 Å². The number of nitrogens with two attached hydrogens (primary N) is 1. The average molecular weight is 222 g/mol. The summed E-state index contributed by atoms with van der Waals surface area (Å²) in [5, 5.41) is 3.37. The molecule has 2 atom stereocenters. The number of ether oxygens (including phenoxy) is 1. The highest BCUT2D eigenvalue weighted by molar-refractivity contribution is 5.44. The third kappa shape index (κ3) is 2.62. The van der Waals surface area contributed by atoms with Gasteiger partial charge < -0.3 is 15.5 Å². The van der Waals surface area contributed by atoms with Crippen LogP contribution in [0.25, 0.3) is 0 Å². The number of nitrogens with zero attached hydrogens (tertiary/aromatic N) is 1. The van der Waals surface area contributed by atoms with Crippen LogP contribution in [0.4, 0.5) is 11.6 Å². The molecule has 5 nitrogen and oxygen atoms in total. The van der Waals surface area contributed by atoms with Crippen LogP contribution >= 0.6 is 0 Å². The molecule has 0 aromatic carbocycles. The SMILES string of the molecule is CC(Nc1cccc(NN)n1)C1CCOC1. The van der Waals surface area contributed by atoms with E-state index in [0.717, 1.165) is 25.5 Å². The molecule has 0 aliphatic carbocycles. The molecule has 1 aliphatic heterocycles. The molecule has 0 saturated carbocycles. The molecule has 1 aromatic heterocycles. The van der Waals surface area contributed by atoms with Crippen LogP contribution in [0.5, 0.6) is 0 Å². The molecule has 1 aliphatic rings. The lowest BCUT2D eigenvalue weighted by atomic mass is 10.0. The van der Waals surface area contributed by atoms with E-state index >= 15 is 0 Å². The van der Waals surface area contributed by atoms with Crippen molar-refractivity contribution < 1.29 is 4.74 Å². The molecule has 1 saturated heterocycles. The molecule has 4 N–H and O–H groups in total. The molecule has 16 heavy (non-hydrogen) atoms. The van der Waals surface area contributed by atoms with Crippen molar-refractivity contribution >= 4 is 11.6 Å². The molecule has 5 heteroatoms. The van der Waals surface area contributed by atoms with Crippen LogP contribution in [0.2, 0.25) is 0 Å². The summed E-state index contributed by atoms with van der Waals surface area (Å²) in [7, 11) is 0. The average Bonchev–Trinajstić information content (AvgIpc) is 2.83. The summed E-state index contributed by atoms with van der Waals surface area (Å²) in [5.41, 5.74) is 2.53. The Kier molecular flexibility index (Phi) is 3.58. The van der Waals surface area contributed by atoms with Gasteiger partial charge in [-0.25, -0.2) is 10.8 Å². The maximum absolute atomic E-state index is 5.37. The first-order valence-electron chi connectivity index (χ1n) is 5.57. The summed E-state index contributed by atoms with van der Waals surface area (Å²) in [6, 6.07) is 6.05. The predicted molar refractivity (Wildman–Crippen MR) is 64.1 cm³/mol. The number of hydrogen-bond donors (Lipinski definition) is 3. The summed E-state index contributed by atoms with van der Waals surface area (Å²) in [5.74, 6) is 7.39. The number of hydrogen-bond acceptors (Lipinski definition) is 5. The number of nitrogen functional groups attached to an aromatic ring is 1. The number of rotatable bonds is 4. The van der Waals surface area contributed by atoms with E-state index in [0.29, 0.717) is 17.8 Å². The second-order valence-corrected chi connectivity index (χ2v) is 4.11. The Bertz CT molecular complexity index is 339. The van der Waals surface area contributed by atoms with E-state index in [-0.39, 0.29) is 0 Å². The minimum absolute atomic E-state index is 0.364. The molecule has 0 spiro atoms. The van der Waals surface area contributed by atoms with E-state index in [1.54, 1.807) is 0 Å². The second kappa shape index (κ2) is 5.14. The largest absolute Gasteiger partial charge is 0.381 e. The van der Waals surface area contributed by atoms with Gasteiger partial charge in [-0.05, 0) is 25.5 Å². The van der Waals surface area contributed by atoms with Gasteiger partial charge in [-0.2, -0.15) is 0 Å². The molecule has 2 rings (SSSR count). The Balaban J connectivity index is 1.96. The molecule has 1 fully saturated rings. The highest BCUT2D eigenvalue weighted by atomic mass is 16.5. The lowest BCUT2D eigenvalue weighted by Gasteiger charge is -2.19. The molecule has 0 bridgehead atoms. The zero-order valence-electron chi connectivity index (χ0n) is 9.44. The van der Waals surface area contributed by atoms with Crippen LogP contribution in [0.3, 0.4) is 0 Å². The van der Waals surface area contributed by atoms with Gasteiger partial charge in [-0.15, -0.1) is 0 Å². The Morgan fingerprint density at radius 3 is 3.00 bits per heavy atom. The monoisotopic (exact) mass is 222 g/mol. The van der Waals surface area contributed by atoms with Crippen molar-refractivity contribution in [3.05, 3.63) is 18.2 Å². The summed E-state index contributed by atoms with van der Waals surface area (Å²) in [4.78, 5) is 4.31. The van der Waals surface area contributed by atoms with E-state index in [4.69, 9.17) is 10.6 Å². The van der Waals surface area contributed by atoms with Crippen molar-refractivity contribution in [3.63, 3.8) is 0 Å². The van der Waals surface area contributed by atoms with E-state index in [2.05, 4.69) is 22.7 Å². The fourth-order valence-corrected chi connectivity index (χ4v) is 1.89. The van der Waals surface area contributed by atoms with Crippen LogP contribution in [0, 0.1) is 5.92 Å². The smallest absolute Gasteiger partial charge is 0.142 e.